The molecule has 5 heteroatoms. The molecular weight excluding hydrogens is 242 g/mol. The molecule has 102 valence electrons. The van der Waals surface area contributed by atoms with Crippen LogP contribution in [-0.2, 0) is 0 Å². The highest BCUT2D eigenvalue weighted by Gasteiger charge is 2.20. The van der Waals surface area contributed by atoms with Crippen LogP contribution in [0.1, 0.15) is 32.2 Å². The third-order valence-corrected chi connectivity index (χ3v) is 3.33. The van der Waals surface area contributed by atoms with Crippen LogP contribution in [0.25, 0.3) is 11.4 Å². The van der Waals surface area contributed by atoms with Gasteiger partial charge in [0, 0.05) is 5.56 Å². The van der Waals surface area contributed by atoms with Crippen molar-refractivity contribution in [3.63, 3.8) is 0 Å². The summed E-state index contributed by atoms with van der Waals surface area (Å²) < 4.78 is 10.4. The van der Waals surface area contributed by atoms with Crippen molar-refractivity contribution in [1.29, 1.82) is 0 Å². The fourth-order valence-electron chi connectivity index (χ4n) is 1.73. The summed E-state index contributed by atoms with van der Waals surface area (Å²) in [4.78, 5) is 4.36. The van der Waals surface area contributed by atoms with Gasteiger partial charge >= 0.3 is 0 Å². The van der Waals surface area contributed by atoms with Gasteiger partial charge < -0.3 is 15.0 Å². The number of hydrogen-bond acceptors (Lipinski definition) is 5. The molecule has 2 rings (SSSR count). The zero-order valence-electron chi connectivity index (χ0n) is 11.5. The van der Waals surface area contributed by atoms with Gasteiger partial charge in [-0.05, 0) is 30.2 Å². The van der Waals surface area contributed by atoms with Crippen LogP contribution in [0.15, 0.2) is 28.8 Å². The molecular formula is C14H19N3O2. The largest absolute Gasteiger partial charge is 0.497 e. The van der Waals surface area contributed by atoms with Crippen LogP contribution in [0, 0.1) is 5.92 Å². The maximum absolute atomic E-state index is 6.07. The first kappa shape index (κ1) is 13.5. The molecule has 2 atom stereocenters. The standard InChI is InChI=1S/C14H19N3O2/c1-4-9(2)12(15)14-16-13(17-19-14)10-5-7-11(18-3)8-6-10/h5-9,12H,4,15H2,1-3H3. The van der Waals surface area contributed by atoms with Crippen molar-refractivity contribution in [3.8, 4) is 17.1 Å². The average Bonchev–Trinajstić information content (AvgIpc) is 2.95. The highest BCUT2D eigenvalue weighted by molar-refractivity contribution is 5.55. The predicted octanol–water partition coefficient (Wildman–Crippen LogP) is 2.79. The molecule has 2 aromatic rings. The van der Waals surface area contributed by atoms with E-state index < -0.39 is 0 Å². The van der Waals surface area contributed by atoms with Crippen LogP contribution in [0.5, 0.6) is 5.75 Å². The van der Waals surface area contributed by atoms with Crippen LogP contribution in [0.2, 0.25) is 0 Å². The molecule has 19 heavy (non-hydrogen) atoms. The normalized spacial score (nSPS) is 14.1. The first-order valence-electron chi connectivity index (χ1n) is 6.39. The lowest BCUT2D eigenvalue weighted by molar-refractivity contribution is 0.312. The van der Waals surface area contributed by atoms with Gasteiger partial charge in [-0.25, -0.2) is 0 Å². The molecule has 1 aromatic heterocycles. The molecule has 0 aliphatic carbocycles. The summed E-state index contributed by atoms with van der Waals surface area (Å²) in [5.41, 5.74) is 6.95. The third kappa shape index (κ3) is 2.93. The second-order valence-corrected chi connectivity index (χ2v) is 4.60. The van der Waals surface area contributed by atoms with Crippen LogP contribution in [-0.4, -0.2) is 17.3 Å². The summed E-state index contributed by atoms with van der Waals surface area (Å²) in [5.74, 6) is 2.14. The van der Waals surface area contributed by atoms with Crippen molar-refractivity contribution < 1.29 is 9.26 Å². The van der Waals surface area contributed by atoms with Gasteiger partial charge in [0.15, 0.2) is 0 Å². The van der Waals surface area contributed by atoms with E-state index in [1.54, 1.807) is 7.11 Å². The van der Waals surface area contributed by atoms with Crippen LogP contribution in [0.3, 0.4) is 0 Å². The Bertz CT molecular complexity index is 522. The molecule has 1 heterocycles. The molecule has 2 N–H and O–H groups in total. The van der Waals surface area contributed by atoms with Crippen molar-refractivity contribution in [1.82, 2.24) is 10.1 Å². The number of rotatable bonds is 5. The van der Waals surface area contributed by atoms with Crippen molar-refractivity contribution in [2.24, 2.45) is 11.7 Å². The van der Waals surface area contributed by atoms with Crippen LogP contribution >= 0.6 is 0 Å². The minimum absolute atomic E-state index is 0.218. The van der Waals surface area contributed by atoms with E-state index in [2.05, 4.69) is 24.0 Å². The van der Waals surface area contributed by atoms with Gasteiger partial charge in [0.05, 0.1) is 13.2 Å². The van der Waals surface area contributed by atoms with E-state index in [0.717, 1.165) is 17.7 Å². The Morgan fingerprint density at radius 3 is 2.58 bits per heavy atom. The first-order chi connectivity index (χ1) is 9.15. The Morgan fingerprint density at radius 1 is 1.32 bits per heavy atom. The smallest absolute Gasteiger partial charge is 0.244 e. The number of ether oxygens (including phenoxy) is 1. The molecule has 0 aliphatic rings. The maximum atomic E-state index is 6.07. The molecule has 0 bridgehead atoms. The average molecular weight is 261 g/mol. The quantitative estimate of drug-likeness (QED) is 0.895. The molecule has 0 saturated carbocycles. The van der Waals surface area contributed by atoms with Crippen LogP contribution < -0.4 is 10.5 Å². The first-order valence-corrected chi connectivity index (χ1v) is 6.39. The second kappa shape index (κ2) is 5.84. The van der Waals surface area contributed by atoms with E-state index in [4.69, 9.17) is 15.0 Å². The second-order valence-electron chi connectivity index (χ2n) is 4.60. The Balaban J connectivity index is 2.20. The number of nitrogens with zero attached hydrogens (tertiary/aromatic N) is 2. The van der Waals surface area contributed by atoms with E-state index in [1.165, 1.54) is 0 Å². The van der Waals surface area contributed by atoms with E-state index >= 15 is 0 Å². The highest BCUT2D eigenvalue weighted by Crippen LogP contribution is 2.24. The van der Waals surface area contributed by atoms with Gasteiger partial charge in [-0.15, -0.1) is 0 Å². The number of benzene rings is 1. The van der Waals surface area contributed by atoms with Gasteiger partial charge in [0.2, 0.25) is 11.7 Å². The van der Waals surface area contributed by atoms with E-state index in [0.29, 0.717) is 17.6 Å². The SMILES string of the molecule is CCC(C)C(N)c1nc(-c2ccc(OC)cc2)no1. The highest BCUT2D eigenvalue weighted by atomic mass is 16.5. The van der Waals surface area contributed by atoms with Crippen molar-refractivity contribution in [2.45, 2.75) is 26.3 Å². The van der Waals surface area contributed by atoms with E-state index in [1.807, 2.05) is 24.3 Å². The minimum atomic E-state index is -0.218. The topological polar surface area (TPSA) is 74.2 Å². The molecule has 0 spiro atoms. The number of hydrogen-bond donors (Lipinski definition) is 1. The minimum Gasteiger partial charge on any atom is -0.497 e. The molecule has 0 amide bonds. The maximum Gasteiger partial charge on any atom is 0.244 e. The van der Waals surface area contributed by atoms with Gasteiger partial charge in [-0.3, -0.25) is 0 Å². The molecule has 0 aliphatic heterocycles. The fourth-order valence-corrected chi connectivity index (χ4v) is 1.73. The van der Waals surface area contributed by atoms with Crippen molar-refractivity contribution >= 4 is 0 Å². The van der Waals surface area contributed by atoms with Crippen molar-refractivity contribution in [3.05, 3.63) is 30.2 Å². The number of methoxy groups -OCH3 is 1. The Hall–Kier alpha value is -1.88. The Labute approximate surface area is 112 Å². The third-order valence-electron chi connectivity index (χ3n) is 3.33. The van der Waals surface area contributed by atoms with E-state index in [-0.39, 0.29) is 6.04 Å². The van der Waals surface area contributed by atoms with Gasteiger partial charge in [-0.1, -0.05) is 25.4 Å². The molecule has 1 aromatic carbocycles. The number of aromatic nitrogens is 2. The zero-order chi connectivity index (χ0) is 13.8. The lowest BCUT2D eigenvalue weighted by Gasteiger charge is -2.12. The fraction of sp³-hybridized carbons (Fsp3) is 0.429. The summed E-state index contributed by atoms with van der Waals surface area (Å²) in [7, 11) is 1.63. The number of nitrogens with two attached hydrogens (primary N) is 1. The molecule has 0 fully saturated rings. The molecule has 5 nitrogen and oxygen atoms in total. The van der Waals surface area contributed by atoms with Gasteiger partial charge in [0.1, 0.15) is 5.75 Å². The molecule has 0 radical (unpaired) electrons. The monoisotopic (exact) mass is 261 g/mol. The summed E-state index contributed by atoms with van der Waals surface area (Å²) in [6.45, 7) is 4.16. The summed E-state index contributed by atoms with van der Waals surface area (Å²) in [6.07, 6.45) is 0.974. The molecule has 2 unspecified atom stereocenters. The summed E-state index contributed by atoms with van der Waals surface area (Å²) in [5, 5.41) is 3.97. The summed E-state index contributed by atoms with van der Waals surface area (Å²) in [6, 6.07) is 7.29. The molecule has 0 saturated heterocycles. The zero-order valence-corrected chi connectivity index (χ0v) is 11.5. The van der Waals surface area contributed by atoms with Crippen molar-refractivity contribution in [2.75, 3.05) is 7.11 Å². The Kier molecular flexibility index (Phi) is 4.16. The van der Waals surface area contributed by atoms with Crippen LogP contribution in [0.4, 0.5) is 0 Å². The summed E-state index contributed by atoms with van der Waals surface area (Å²) >= 11 is 0. The van der Waals surface area contributed by atoms with Gasteiger partial charge in [-0.2, -0.15) is 4.98 Å². The predicted molar refractivity (Wildman–Crippen MR) is 72.7 cm³/mol. The van der Waals surface area contributed by atoms with E-state index in [9.17, 15) is 0 Å². The lowest BCUT2D eigenvalue weighted by Crippen LogP contribution is -2.18. The Morgan fingerprint density at radius 2 is 2.00 bits per heavy atom. The van der Waals surface area contributed by atoms with Gasteiger partial charge in [0.25, 0.3) is 0 Å². The lowest BCUT2D eigenvalue weighted by atomic mass is 10.0.